The van der Waals surface area contributed by atoms with Crippen molar-refractivity contribution in [2.45, 2.75) is 25.6 Å². The van der Waals surface area contributed by atoms with Crippen molar-refractivity contribution in [2.24, 2.45) is 15.9 Å². The molecule has 0 aliphatic carbocycles. The van der Waals surface area contributed by atoms with Gasteiger partial charge in [-0.3, -0.25) is 4.79 Å². The average molecular weight is 394 g/mol. The number of aromatic nitrogens is 1. The third kappa shape index (κ3) is 3.25. The molecule has 0 spiro atoms. The number of nitrogens with zero attached hydrogens (tertiary/aromatic N) is 5. The van der Waals surface area contributed by atoms with Crippen LogP contribution < -0.4 is 20.9 Å². The summed E-state index contributed by atoms with van der Waals surface area (Å²) in [5.74, 6) is 1.19. The van der Waals surface area contributed by atoms with Gasteiger partial charge in [-0.2, -0.15) is 0 Å². The Morgan fingerprint density at radius 3 is 2.83 bits per heavy atom. The van der Waals surface area contributed by atoms with Gasteiger partial charge in [-0.25, -0.2) is 15.0 Å². The quantitative estimate of drug-likeness (QED) is 0.672. The van der Waals surface area contributed by atoms with Crippen LogP contribution in [0.4, 0.5) is 11.5 Å². The van der Waals surface area contributed by atoms with Crippen LogP contribution in [-0.4, -0.2) is 72.4 Å². The Labute approximate surface area is 170 Å². The maximum absolute atomic E-state index is 12.3. The number of carbonyl (C=O) groups excluding carboxylic acids is 1. The fraction of sp³-hybridized carbons (Fsp3) is 0.500. The van der Waals surface area contributed by atoms with Crippen LogP contribution >= 0.6 is 0 Å². The molecule has 1 aromatic heterocycles. The fourth-order valence-corrected chi connectivity index (χ4v) is 4.33. The number of carbonyl (C=O) groups is 1. The predicted octanol–water partition coefficient (Wildman–Crippen LogP) is 0.394. The van der Waals surface area contributed by atoms with Crippen molar-refractivity contribution < 1.29 is 4.79 Å². The first-order chi connectivity index (χ1) is 14.0. The Morgan fingerprint density at radius 1 is 1.24 bits per heavy atom. The smallest absolute Gasteiger partial charge is 0.267 e. The fourth-order valence-electron chi connectivity index (χ4n) is 4.33. The van der Waals surface area contributed by atoms with Crippen LogP contribution in [0, 0.1) is 5.92 Å². The summed E-state index contributed by atoms with van der Waals surface area (Å²) in [7, 11) is 0. The number of fused-ring (bicyclic) bond motifs is 3. The van der Waals surface area contributed by atoms with Crippen molar-refractivity contribution in [1.82, 2.24) is 20.5 Å². The van der Waals surface area contributed by atoms with Gasteiger partial charge in [0.1, 0.15) is 17.7 Å². The van der Waals surface area contributed by atoms with Gasteiger partial charge in [0.25, 0.3) is 5.91 Å². The molecule has 5 heterocycles. The zero-order valence-electron chi connectivity index (χ0n) is 16.7. The van der Waals surface area contributed by atoms with E-state index >= 15 is 0 Å². The molecule has 0 radical (unpaired) electrons. The Kier molecular flexibility index (Phi) is 4.27. The van der Waals surface area contributed by atoms with E-state index in [0.29, 0.717) is 24.0 Å². The minimum Gasteiger partial charge on any atom is -0.368 e. The molecule has 2 unspecified atom stereocenters. The summed E-state index contributed by atoms with van der Waals surface area (Å²) in [4.78, 5) is 30.5. The number of anilines is 2. The van der Waals surface area contributed by atoms with E-state index in [2.05, 4.69) is 55.6 Å². The molecule has 1 amide bonds. The van der Waals surface area contributed by atoms with E-state index in [4.69, 9.17) is 4.99 Å². The average Bonchev–Trinajstić information content (AvgIpc) is 3.13. The molecular weight excluding hydrogens is 368 g/mol. The molecule has 3 N–H and O–H groups in total. The van der Waals surface area contributed by atoms with Gasteiger partial charge in [0.15, 0.2) is 0 Å². The van der Waals surface area contributed by atoms with Gasteiger partial charge in [0, 0.05) is 38.9 Å². The first kappa shape index (κ1) is 18.1. The molecule has 1 aromatic rings. The van der Waals surface area contributed by atoms with E-state index in [1.165, 1.54) is 0 Å². The molecule has 5 rings (SSSR count). The number of pyridine rings is 1. The Balaban J connectivity index is 1.32. The lowest BCUT2D eigenvalue weighted by Gasteiger charge is -2.45. The summed E-state index contributed by atoms with van der Waals surface area (Å²) >= 11 is 0. The van der Waals surface area contributed by atoms with Crippen LogP contribution in [-0.2, 0) is 4.79 Å². The van der Waals surface area contributed by atoms with E-state index in [-0.39, 0.29) is 23.5 Å². The maximum Gasteiger partial charge on any atom is 0.267 e. The standard InChI is InChI=1S/C20H26N8O/c1-20(2)12-24-18(29)15-9-13-10-23-19(26-17(13)28(15)20)25-16-4-3-14(11-22-16)27-7-5-21-6-8-27/h3-4,9-11,13,17,21H,5-8,12H2,1-2H3,(H,24,29)(H,22,25,26). The lowest BCUT2D eigenvalue weighted by Crippen LogP contribution is -2.60. The van der Waals surface area contributed by atoms with Crippen LogP contribution in [0.25, 0.3) is 0 Å². The monoisotopic (exact) mass is 394 g/mol. The lowest BCUT2D eigenvalue weighted by atomic mass is 9.98. The number of guanidine groups is 1. The third-order valence-corrected chi connectivity index (χ3v) is 5.88. The maximum atomic E-state index is 12.3. The minimum absolute atomic E-state index is 0.00159. The van der Waals surface area contributed by atoms with E-state index in [1.54, 1.807) is 0 Å². The summed E-state index contributed by atoms with van der Waals surface area (Å²) in [5.41, 5.74) is 1.60. The largest absolute Gasteiger partial charge is 0.368 e. The molecule has 29 heavy (non-hydrogen) atoms. The third-order valence-electron chi connectivity index (χ3n) is 5.88. The van der Waals surface area contributed by atoms with Crippen molar-refractivity contribution in [1.29, 1.82) is 0 Å². The predicted molar refractivity (Wildman–Crippen MR) is 113 cm³/mol. The normalized spacial score (nSPS) is 27.6. The van der Waals surface area contributed by atoms with Crippen molar-refractivity contribution in [3.05, 3.63) is 30.1 Å². The molecule has 9 heteroatoms. The molecule has 152 valence electrons. The van der Waals surface area contributed by atoms with Crippen LogP contribution in [0.5, 0.6) is 0 Å². The van der Waals surface area contributed by atoms with Gasteiger partial charge in [-0.05, 0) is 32.1 Å². The van der Waals surface area contributed by atoms with Crippen LogP contribution in [0.3, 0.4) is 0 Å². The molecule has 4 aliphatic rings. The van der Waals surface area contributed by atoms with Crippen molar-refractivity contribution >= 4 is 29.6 Å². The number of aliphatic imine (C=N–C) groups is 2. The van der Waals surface area contributed by atoms with Gasteiger partial charge in [-0.1, -0.05) is 0 Å². The Hall–Kier alpha value is -2.94. The van der Waals surface area contributed by atoms with Crippen molar-refractivity contribution in [3.8, 4) is 0 Å². The SMILES string of the molecule is CC1(C)CNC(=O)C2=CC3C=NC(Nc4ccc(N5CCNCC5)cn4)=NC3N21. The highest BCUT2D eigenvalue weighted by molar-refractivity contribution is 6.01. The summed E-state index contributed by atoms with van der Waals surface area (Å²) < 4.78 is 0. The molecule has 0 saturated carbocycles. The van der Waals surface area contributed by atoms with Gasteiger partial charge >= 0.3 is 0 Å². The van der Waals surface area contributed by atoms with Gasteiger partial charge in [0.2, 0.25) is 5.96 Å². The molecule has 2 fully saturated rings. The lowest BCUT2D eigenvalue weighted by molar-refractivity contribution is -0.123. The summed E-state index contributed by atoms with van der Waals surface area (Å²) in [5, 5.41) is 9.54. The first-order valence-corrected chi connectivity index (χ1v) is 10.1. The van der Waals surface area contributed by atoms with Gasteiger partial charge in [-0.15, -0.1) is 0 Å². The number of nitrogens with one attached hydrogen (secondary N) is 3. The summed E-state index contributed by atoms with van der Waals surface area (Å²) in [6.45, 7) is 8.80. The van der Waals surface area contributed by atoms with Crippen LogP contribution in [0.2, 0.25) is 0 Å². The topological polar surface area (TPSA) is 97.2 Å². The van der Waals surface area contributed by atoms with Crippen LogP contribution in [0.15, 0.2) is 40.1 Å². The summed E-state index contributed by atoms with van der Waals surface area (Å²) in [6.07, 6.45) is 5.55. The highest BCUT2D eigenvalue weighted by Gasteiger charge is 2.47. The molecule has 0 bridgehead atoms. The number of piperazine rings is 2. The molecule has 2 atom stereocenters. The van der Waals surface area contributed by atoms with Crippen molar-refractivity contribution in [3.63, 3.8) is 0 Å². The number of hydrogen-bond donors (Lipinski definition) is 3. The van der Waals surface area contributed by atoms with E-state index < -0.39 is 0 Å². The zero-order chi connectivity index (χ0) is 20.0. The second-order valence-corrected chi connectivity index (χ2v) is 8.40. The molecule has 2 saturated heterocycles. The van der Waals surface area contributed by atoms with Crippen molar-refractivity contribution in [2.75, 3.05) is 42.9 Å². The van der Waals surface area contributed by atoms with E-state index in [1.807, 2.05) is 24.6 Å². The first-order valence-electron chi connectivity index (χ1n) is 10.1. The minimum atomic E-state index is -0.206. The second kappa shape index (κ2) is 6.84. The Bertz CT molecular complexity index is 898. The van der Waals surface area contributed by atoms with Crippen LogP contribution in [0.1, 0.15) is 13.8 Å². The number of amides is 1. The molecule has 0 aromatic carbocycles. The second-order valence-electron chi connectivity index (χ2n) is 8.40. The summed E-state index contributed by atoms with van der Waals surface area (Å²) in [6, 6.07) is 4.03. The van der Waals surface area contributed by atoms with E-state index in [9.17, 15) is 4.79 Å². The van der Waals surface area contributed by atoms with Gasteiger partial charge < -0.3 is 25.8 Å². The number of hydrogen-bond acceptors (Lipinski definition) is 8. The highest BCUT2D eigenvalue weighted by Crippen LogP contribution is 2.37. The zero-order valence-corrected chi connectivity index (χ0v) is 16.7. The van der Waals surface area contributed by atoms with E-state index in [0.717, 1.165) is 31.9 Å². The Morgan fingerprint density at radius 2 is 2.07 bits per heavy atom. The highest BCUT2D eigenvalue weighted by atomic mass is 16.2. The molecule has 4 aliphatic heterocycles. The molecular formula is C20H26N8O. The van der Waals surface area contributed by atoms with Gasteiger partial charge in [0.05, 0.1) is 23.3 Å². The number of rotatable bonds is 2. The molecule has 9 nitrogen and oxygen atoms in total.